The maximum atomic E-state index is 13.8. The molecule has 0 aliphatic rings. The van der Waals surface area contributed by atoms with Crippen molar-refractivity contribution in [1.29, 1.82) is 0 Å². The van der Waals surface area contributed by atoms with Crippen molar-refractivity contribution in [2.75, 3.05) is 10.6 Å². The number of amides is 1. The molecule has 3 nitrogen and oxygen atoms in total. The third kappa shape index (κ3) is 3.81. The molecule has 2 rings (SSSR count). The molecule has 0 fully saturated rings. The maximum absolute atomic E-state index is 13.8. The SMILES string of the molecule is CC(=O)Nc1cc(NC(C)c2ccccc2F)ccc1C. The second-order valence-corrected chi connectivity index (χ2v) is 5.10. The summed E-state index contributed by atoms with van der Waals surface area (Å²) < 4.78 is 13.8. The molecular weight excluding hydrogens is 267 g/mol. The van der Waals surface area contributed by atoms with Crippen LogP contribution in [-0.4, -0.2) is 5.91 Å². The summed E-state index contributed by atoms with van der Waals surface area (Å²) in [7, 11) is 0. The minimum atomic E-state index is -0.230. The van der Waals surface area contributed by atoms with Crippen LogP contribution in [0.1, 0.15) is 31.0 Å². The van der Waals surface area contributed by atoms with E-state index in [0.717, 1.165) is 16.9 Å². The van der Waals surface area contributed by atoms with Gasteiger partial charge in [0.1, 0.15) is 5.82 Å². The quantitative estimate of drug-likeness (QED) is 0.881. The van der Waals surface area contributed by atoms with Gasteiger partial charge in [0.25, 0.3) is 0 Å². The van der Waals surface area contributed by atoms with Gasteiger partial charge in [-0.3, -0.25) is 4.79 Å². The fourth-order valence-corrected chi connectivity index (χ4v) is 2.19. The normalized spacial score (nSPS) is 11.8. The summed E-state index contributed by atoms with van der Waals surface area (Å²) >= 11 is 0. The van der Waals surface area contributed by atoms with Crippen LogP contribution in [0.25, 0.3) is 0 Å². The number of aryl methyl sites for hydroxylation is 1. The zero-order chi connectivity index (χ0) is 15.4. The van der Waals surface area contributed by atoms with E-state index in [-0.39, 0.29) is 17.8 Å². The van der Waals surface area contributed by atoms with E-state index in [1.807, 2.05) is 38.1 Å². The lowest BCUT2D eigenvalue weighted by atomic mass is 10.1. The van der Waals surface area contributed by atoms with Crippen LogP contribution >= 0.6 is 0 Å². The fraction of sp³-hybridized carbons (Fsp3) is 0.235. The second kappa shape index (κ2) is 6.39. The molecule has 0 spiro atoms. The van der Waals surface area contributed by atoms with E-state index < -0.39 is 0 Å². The predicted molar refractivity (Wildman–Crippen MR) is 83.9 cm³/mol. The standard InChI is InChI=1S/C17H19FN2O/c1-11-8-9-14(10-17(11)20-13(3)21)19-12(2)15-6-4-5-7-16(15)18/h4-10,12,19H,1-3H3,(H,20,21). The lowest BCUT2D eigenvalue weighted by Gasteiger charge is -2.18. The van der Waals surface area contributed by atoms with Crippen molar-refractivity contribution in [3.8, 4) is 0 Å². The van der Waals surface area contributed by atoms with Crippen molar-refractivity contribution in [3.05, 3.63) is 59.4 Å². The van der Waals surface area contributed by atoms with Crippen LogP contribution in [0.2, 0.25) is 0 Å². The first-order chi connectivity index (χ1) is 9.97. The highest BCUT2D eigenvalue weighted by molar-refractivity contribution is 5.90. The Morgan fingerprint density at radius 3 is 2.57 bits per heavy atom. The molecule has 4 heteroatoms. The van der Waals surface area contributed by atoms with Gasteiger partial charge in [-0.25, -0.2) is 4.39 Å². The monoisotopic (exact) mass is 286 g/mol. The Balaban J connectivity index is 2.20. The molecule has 110 valence electrons. The number of carbonyl (C=O) groups is 1. The second-order valence-electron chi connectivity index (χ2n) is 5.10. The van der Waals surface area contributed by atoms with Crippen molar-refractivity contribution in [3.63, 3.8) is 0 Å². The molecule has 0 saturated carbocycles. The Labute approximate surface area is 124 Å². The van der Waals surface area contributed by atoms with Crippen molar-refractivity contribution in [2.45, 2.75) is 26.8 Å². The number of benzene rings is 2. The molecule has 1 amide bonds. The van der Waals surface area contributed by atoms with E-state index in [1.165, 1.54) is 13.0 Å². The Kier molecular flexibility index (Phi) is 4.58. The first-order valence-electron chi connectivity index (χ1n) is 6.86. The van der Waals surface area contributed by atoms with Crippen molar-refractivity contribution >= 4 is 17.3 Å². The third-order valence-corrected chi connectivity index (χ3v) is 3.30. The molecule has 1 atom stereocenters. The zero-order valence-electron chi connectivity index (χ0n) is 12.4. The van der Waals surface area contributed by atoms with E-state index >= 15 is 0 Å². The molecule has 2 N–H and O–H groups in total. The van der Waals surface area contributed by atoms with Crippen LogP contribution in [0.5, 0.6) is 0 Å². The highest BCUT2D eigenvalue weighted by Gasteiger charge is 2.10. The molecule has 21 heavy (non-hydrogen) atoms. The van der Waals surface area contributed by atoms with Crippen LogP contribution < -0.4 is 10.6 Å². The van der Waals surface area contributed by atoms with Gasteiger partial charge < -0.3 is 10.6 Å². The highest BCUT2D eigenvalue weighted by Crippen LogP contribution is 2.25. The average molecular weight is 286 g/mol. The summed E-state index contributed by atoms with van der Waals surface area (Å²) in [5.41, 5.74) is 3.18. The van der Waals surface area contributed by atoms with Crippen LogP contribution in [0, 0.1) is 12.7 Å². The Hall–Kier alpha value is -2.36. The van der Waals surface area contributed by atoms with E-state index in [0.29, 0.717) is 5.56 Å². The number of hydrogen-bond acceptors (Lipinski definition) is 2. The lowest BCUT2D eigenvalue weighted by Crippen LogP contribution is -2.10. The molecule has 0 saturated heterocycles. The molecule has 2 aromatic rings. The third-order valence-electron chi connectivity index (χ3n) is 3.30. The van der Waals surface area contributed by atoms with Crippen molar-refractivity contribution < 1.29 is 9.18 Å². The minimum Gasteiger partial charge on any atom is -0.378 e. The molecule has 1 unspecified atom stereocenters. The summed E-state index contributed by atoms with van der Waals surface area (Å²) in [5.74, 6) is -0.343. The van der Waals surface area contributed by atoms with Crippen LogP contribution in [0.3, 0.4) is 0 Å². The Morgan fingerprint density at radius 2 is 1.90 bits per heavy atom. The van der Waals surface area contributed by atoms with E-state index in [2.05, 4.69) is 10.6 Å². The fourth-order valence-electron chi connectivity index (χ4n) is 2.19. The number of carbonyl (C=O) groups excluding carboxylic acids is 1. The average Bonchev–Trinajstić information content (AvgIpc) is 2.42. The minimum absolute atomic E-state index is 0.114. The van der Waals surface area contributed by atoms with Crippen molar-refractivity contribution in [2.24, 2.45) is 0 Å². The number of nitrogens with one attached hydrogen (secondary N) is 2. The van der Waals surface area contributed by atoms with Gasteiger partial charge in [-0.2, -0.15) is 0 Å². The molecule has 0 radical (unpaired) electrons. The number of anilines is 2. The molecule has 0 aliphatic carbocycles. The zero-order valence-corrected chi connectivity index (χ0v) is 12.4. The Bertz CT molecular complexity index is 655. The van der Waals surface area contributed by atoms with Gasteiger partial charge in [0.2, 0.25) is 5.91 Å². The van der Waals surface area contributed by atoms with Gasteiger partial charge >= 0.3 is 0 Å². The first-order valence-corrected chi connectivity index (χ1v) is 6.86. The largest absolute Gasteiger partial charge is 0.378 e. The molecule has 2 aromatic carbocycles. The summed E-state index contributed by atoms with van der Waals surface area (Å²) in [6.45, 7) is 5.30. The predicted octanol–water partition coefficient (Wildman–Crippen LogP) is 4.27. The van der Waals surface area contributed by atoms with E-state index in [1.54, 1.807) is 12.1 Å². The van der Waals surface area contributed by atoms with Gasteiger partial charge in [0.15, 0.2) is 0 Å². The van der Waals surface area contributed by atoms with Crippen molar-refractivity contribution in [1.82, 2.24) is 0 Å². The van der Waals surface area contributed by atoms with Crippen LogP contribution in [0.15, 0.2) is 42.5 Å². The van der Waals surface area contributed by atoms with Crippen LogP contribution in [-0.2, 0) is 4.79 Å². The summed E-state index contributed by atoms with van der Waals surface area (Å²) in [4.78, 5) is 11.2. The van der Waals surface area contributed by atoms with E-state index in [4.69, 9.17) is 0 Å². The number of rotatable bonds is 4. The first kappa shape index (κ1) is 15.0. The highest BCUT2D eigenvalue weighted by atomic mass is 19.1. The number of halogens is 1. The molecule has 0 heterocycles. The molecule has 0 bridgehead atoms. The summed E-state index contributed by atoms with van der Waals surface area (Å²) in [5, 5.41) is 6.03. The van der Waals surface area contributed by atoms with Gasteiger partial charge in [-0.1, -0.05) is 24.3 Å². The van der Waals surface area contributed by atoms with Gasteiger partial charge in [0, 0.05) is 23.9 Å². The molecule has 0 aliphatic heterocycles. The molecular formula is C17H19FN2O. The Morgan fingerprint density at radius 1 is 1.19 bits per heavy atom. The maximum Gasteiger partial charge on any atom is 0.221 e. The lowest BCUT2D eigenvalue weighted by molar-refractivity contribution is -0.114. The van der Waals surface area contributed by atoms with Gasteiger partial charge in [-0.15, -0.1) is 0 Å². The topological polar surface area (TPSA) is 41.1 Å². The molecule has 0 aromatic heterocycles. The van der Waals surface area contributed by atoms with Gasteiger partial charge in [-0.05, 0) is 37.6 Å². The smallest absolute Gasteiger partial charge is 0.221 e. The van der Waals surface area contributed by atoms with E-state index in [9.17, 15) is 9.18 Å². The number of hydrogen-bond donors (Lipinski definition) is 2. The summed E-state index contributed by atoms with van der Waals surface area (Å²) in [6.07, 6.45) is 0. The van der Waals surface area contributed by atoms with Crippen LogP contribution in [0.4, 0.5) is 15.8 Å². The summed E-state index contributed by atoms with van der Waals surface area (Å²) in [6, 6.07) is 12.2. The van der Waals surface area contributed by atoms with Gasteiger partial charge in [0.05, 0.1) is 6.04 Å².